The first-order chi connectivity index (χ1) is 17.9. The summed E-state index contributed by atoms with van der Waals surface area (Å²) in [5.41, 5.74) is 2.82. The van der Waals surface area contributed by atoms with Crippen LogP contribution in [0.5, 0.6) is 17.2 Å². The van der Waals surface area contributed by atoms with Crippen molar-refractivity contribution < 1.29 is 28.6 Å². The summed E-state index contributed by atoms with van der Waals surface area (Å²) >= 11 is 0. The third-order valence-electron chi connectivity index (χ3n) is 5.70. The van der Waals surface area contributed by atoms with E-state index in [-0.39, 0.29) is 5.57 Å². The zero-order chi connectivity index (χ0) is 26.4. The summed E-state index contributed by atoms with van der Waals surface area (Å²) in [5.74, 6) is 0.111. The highest BCUT2D eigenvalue weighted by molar-refractivity contribution is 6.39. The van der Waals surface area contributed by atoms with Crippen molar-refractivity contribution in [2.24, 2.45) is 0 Å². The van der Waals surface area contributed by atoms with E-state index in [4.69, 9.17) is 14.2 Å². The molecule has 0 aromatic heterocycles. The fourth-order valence-corrected chi connectivity index (χ4v) is 3.69. The van der Waals surface area contributed by atoms with Crippen molar-refractivity contribution in [2.45, 2.75) is 26.9 Å². The largest absolute Gasteiger partial charge is 0.497 e. The van der Waals surface area contributed by atoms with Crippen LogP contribution < -0.4 is 24.4 Å². The van der Waals surface area contributed by atoms with Gasteiger partial charge in [-0.05, 0) is 61.4 Å². The predicted molar refractivity (Wildman–Crippen MR) is 140 cm³/mol. The Hall–Kier alpha value is -4.59. The molecule has 0 aliphatic carbocycles. The van der Waals surface area contributed by atoms with Crippen molar-refractivity contribution in [3.05, 3.63) is 89.0 Å². The molecule has 3 aromatic rings. The van der Waals surface area contributed by atoms with Crippen molar-refractivity contribution in [3.63, 3.8) is 0 Å². The van der Waals surface area contributed by atoms with Gasteiger partial charge in [0, 0.05) is 11.6 Å². The third kappa shape index (κ3) is 5.98. The minimum atomic E-state index is -0.822. The Labute approximate surface area is 215 Å². The fraction of sp³-hybridized carbons (Fsp3) is 0.207. The van der Waals surface area contributed by atoms with E-state index < -0.39 is 17.8 Å². The minimum absolute atomic E-state index is 0.189. The van der Waals surface area contributed by atoms with Crippen LogP contribution in [-0.2, 0) is 16.2 Å². The van der Waals surface area contributed by atoms with Gasteiger partial charge in [-0.15, -0.1) is 0 Å². The summed E-state index contributed by atoms with van der Waals surface area (Å²) in [4.78, 5) is 39.4. The van der Waals surface area contributed by atoms with Crippen LogP contribution in [0, 0.1) is 6.92 Å². The number of imide groups is 2. The van der Waals surface area contributed by atoms with Crippen LogP contribution in [-0.4, -0.2) is 31.6 Å². The lowest BCUT2D eigenvalue weighted by Crippen LogP contribution is -2.54. The van der Waals surface area contributed by atoms with E-state index in [0.717, 1.165) is 16.9 Å². The summed E-state index contributed by atoms with van der Waals surface area (Å²) in [6, 6.07) is 18.8. The number of hydrogen-bond acceptors (Lipinski definition) is 6. The smallest absolute Gasteiger partial charge is 0.335 e. The number of carbonyl (C=O) groups excluding carboxylic acids is 3. The highest BCUT2D eigenvalue weighted by atomic mass is 16.5. The zero-order valence-corrected chi connectivity index (χ0v) is 20.9. The van der Waals surface area contributed by atoms with Crippen LogP contribution >= 0.6 is 0 Å². The molecule has 1 fully saturated rings. The van der Waals surface area contributed by atoms with E-state index in [2.05, 4.69) is 5.32 Å². The summed E-state index contributed by atoms with van der Waals surface area (Å²) in [7, 11) is 1.54. The van der Waals surface area contributed by atoms with E-state index in [9.17, 15) is 14.4 Å². The summed E-state index contributed by atoms with van der Waals surface area (Å²) in [5, 5.41) is 2.24. The average molecular weight is 501 g/mol. The molecule has 1 aliphatic heterocycles. The van der Waals surface area contributed by atoms with E-state index in [1.54, 1.807) is 42.5 Å². The molecule has 4 amide bonds. The maximum absolute atomic E-state index is 13.3. The molecule has 0 spiro atoms. The second-order valence-corrected chi connectivity index (χ2v) is 8.48. The maximum atomic E-state index is 13.3. The highest BCUT2D eigenvalue weighted by Gasteiger charge is 2.37. The van der Waals surface area contributed by atoms with Crippen LogP contribution in [0.4, 0.5) is 10.5 Å². The molecule has 4 rings (SSSR count). The number of hydrogen-bond donors (Lipinski definition) is 1. The Balaban J connectivity index is 1.55. The molecule has 1 saturated heterocycles. The van der Waals surface area contributed by atoms with Gasteiger partial charge in [-0.25, -0.2) is 9.69 Å². The van der Waals surface area contributed by atoms with Gasteiger partial charge in [0.25, 0.3) is 11.8 Å². The summed E-state index contributed by atoms with van der Waals surface area (Å²) in [6.07, 6.45) is 2.19. The average Bonchev–Trinajstić information content (AvgIpc) is 2.90. The van der Waals surface area contributed by atoms with Crippen LogP contribution in [0.25, 0.3) is 6.08 Å². The number of carbonyl (C=O) groups is 3. The zero-order valence-electron chi connectivity index (χ0n) is 20.9. The molecule has 1 heterocycles. The molecule has 0 atom stereocenters. The predicted octanol–water partition coefficient (Wildman–Crippen LogP) is 5.04. The number of aryl methyl sites for hydroxylation is 1. The van der Waals surface area contributed by atoms with Gasteiger partial charge in [-0.2, -0.15) is 0 Å². The number of anilines is 1. The Kier molecular flexibility index (Phi) is 7.88. The van der Waals surface area contributed by atoms with Gasteiger partial charge >= 0.3 is 6.03 Å². The molecular weight excluding hydrogens is 472 g/mol. The molecule has 8 heteroatoms. The number of amides is 4. The number of nitrogens with zero attached hydrogens (tertiary/aromatic N) is 1. The molecule has 3 aromatic carbocycles. The van der Waals surface area contributed by atoms with Crippen LogP contribution in [0.15, 0.2) is 72.3 Å². The van der Waals surface area contributed by atoms with Gasteiger partial charge < -0.3 is 14.2 Å². The Bertz CT molecular complexity index is 1330. The normalized spacial score (nSPS) is 14.5. The molecule has 0 bridgehead atoms. The van der Waals surface area contributed by atoms with E-state index in [1.165, 1.54) is 18.7 Å². The standard InChI is InChI=1S/C29H28N2O6/c1-4-15-36-26-17-24(35-3)12-9-21(26)16-25-27(32)30-29(34)31(28(25)33)22-10-13-23(14-11-22)37-18-20-7-5-19(2)6-8-20/h5-14,16-17H,4,15,18H2,1-3H3,(H,30,32,34)/b25-16+. The van der Waals surface area contributed by atoms with Gasteiger partial charge in [0.1, 0.15) is 29.4 Å². The highest BCUT2D eigenvalue weighted by Crippen LogP contribution is 2.29. The molecule has 37 heavy (non-hydrogen) atoms. The number of benzene rings is 3. The Morgan fingerprint density at radius 2 is 1.59 bits per heavy atom. The Morgan fingerprint density at radius 1 is 0.892 bits per heavy atom. The second-order valence-electron chi connectivity index (χ2n) is 8.48. The lowest BCUT2D eigenvalue weighted by Gasteiger charge is -2.26. The third-order valence-corrected chi connectivity index (χ3v) is 5.70. The first-order valence-corrected chi connectivity index (χ1v) is 11.9. The van der Waals surface area contributed by atoms with Gasteiger partial charge in [0.2, 0.25) is 0 Å². The minimum Gasteiger partial charge on any atom is -0.497 e. The number of methoxy groups -OCH3 is 1. The molecule has 0 radical (unpaired) electrons. The molecule has 0 unspecified atom stereocenters. The van der Waals surface area contributed by atoms with E-state index in [1.807, 2.05) is 38.1 Å². The molecular formula is C29H28N2O6. The fourth-order valence-electron chi connectivity index (χ4n) is 3.69. The number of rotatable bonds is 9. The molecule has 1 N–H and O–H groups in total. The molecule has 190 valence electrons. The van der Waals surface area contributed by atoms with E-state index >= 15 is 0 Å². The van der Waals surface area contributed by atoms with Crippen LogP contribution in [0.3, 0.4) is 0 Å². The first-order valence-electron chi connectivity index (χ1n) is 11.9. The van der Waals surface area contributed by atoms with Crippen molar-refractivity contribution in [2.75, 3.05) is 18.6 Å². The van der Waals surface area contributed by atoms with Gasteiger partial charge in [0.15, 0.2) is 0 Å². The molecule has 8 nitrogen and oxygen atoms in total. The lowest BCUT2D eigenvalue weighted by atomic mass is 10.1. The number of barbiturate groups is 1. The van der Waals surface area contributed by atoms with E-state index in [0.29, 0.717) is 41.7 Å². The maximum Gasteiger partial charge on any atom is 0.335 e. The first kappa shape index (κ1) is 25.5. The van der Waals surface area contributed by atoms with Crippen LogP contribution in [0.2, 0.25) is 0 Å². The van der Waals surface area contributed by atoms with Crippen molar-refractivity contribution in [1.29, 1.82) is 0 Å². The van der Waals surface area contributed by atoms with Gasteiger partial charge in [0.05, 0.1) is 19.4 Å². The number of urea groups is 1. The van der Waals surface area contributed by atoms with Crippen LogP contribution in [0.1, 0.15) is 30.0 Å². The lowest BCUT2D eigenvalue weighted by molar-refractivity contribution is -0.122. The Morgan fingerprint density at radius 3 is 2.27 bits per heavy atom. The summed E-state index contributed by atoms with van der Waals surface area (Å²) in [6.45, 7) is 4.82. The topological polar surface area (TPSA) is 94.2 Å². The van der Waals surface area contributed by atoms with Crippen molar-refractivity contribution in [1.82, 2.24) is 5.32 Å². The van der Waals surface area contributed by atoms with Crippen molar-refractivity contribution in [3.8, 4) is 17.2 Å². The quantitative estimate of drug-likeness (QED) is 0.327. The monoisotopic (exact) mass is 500 g/mol. The SMILES string of the molecule is CCCOc1cc(OC)ccc1/C=C1\C(=O)NC(=O)N(c2ccc(OCc3ccc(C)cc3)cc2)C1=O. The number of nitrogens with one attached hydrogen (secondary N) is 1. The van der Waals surface area contributed by atoms with Crippen molar-refractivity contribution >= 4 is 29.6 Å². The molecule has 1 aliphatic rings. The van der Waals surface area contributed by atoms with Gasteiger partial charge in [-0.3, -0.25) is 14.9 Å². The molecule has 0 saturated carbocycles. The number of ether oxygens (including phenoxy) is 3. The van der Waals surface area contributed by atoms with Gasteiger partial charge in [-0.1, -0.05) is 36.8 Å². The second kappa shape index (κ2) is 11.4. The summed E-state index contributed by atoms with van der Waals surface area (Å²) < 4.78 is 16.9.